The number of carbonyl (C=O) groups is 1. The zero-order chi connectivity index (χ0) is 15.0. The largest absolute Gasteiger partial charge is 0.299 e. The number of allylic oxidation sites excluding steroid dienone is 4. The predicted molar refractivity (Wildman–Crippen MR) is 91.2 cm³/mol. The minimum absolute atomic E-state index is 0.872. The first kappa shape index (κ1) is 16.6. The normalized spacial score (nSPS) is 13.4. The van der Waals surface area contributed by atoms with Gasteiger partial charge in [-0.25, -0.2) is 0 Å². The van der Waals surface area contributed by atoms with E-state index in [1.807, 2.05) is 6.92 Å². The van der Waals surface area contributed by atoms with Crippen LogP contribution in [-0.2, 0) is 4.79 Å². The first-order chi connectivity index (χ1) is 9.45. The minimum Gasteiger partial charge on any atom is -0.299 e. The van der Waals surface area contributed by atoms with Gasteiger partial charge in [0, 0.05) is 0 Å². The first-order valence-electron chi connectivity index (χ1n) is 7.28. The second-order valence-corrected chi connectivity index (χ2v) is 10.9. The molecule has 0 unspecified atom stereocenters. The number of carbonyl (C=O) groups excluding carboxylic acids is 1. The lowest BCUT2D eigenvalue weighted by atomic mass is 10.1. The molecule has 0 atom stereocenters. The Labute approximate surface area is 124 Å². The van der Waals surface area contributed by atoms with E-state index in [0.29, 0.717) is 0 Å². The molecule has 0 aliphatic carbocycles. The molecule has 108 valence electrons. The maximum atomic E-state index is 10.4. The van der Waals surface area contributed by atoms with Crippen LogP contribution >= 0.6 is 0 Å². The molecule has 0 aliphatic rings. The fraction of sp³-hybridized carbons (Fsp3) is 0.389. The third kappa shape index (κ3) is 5.70. The summed E-state index contributed by atoms with van der Waals surface area (Å²) in [4.78, 5) is 10.4. The van der Waals surface area contributed by atoms with E-state index >= 15 is 0 Å². The lowest BCUT2D eigenvalue weighted by Crippen LogP contribution is -2.41. The molecular weight excluding hydrogens is 260 g/mol. The third-order valence-electron chi connectivity index (χ3n) is 3.66. The second kappa shape index (κ2) is 8.00. The molecule has 2 heteroatoms. The van der Waals surface area contributed by atoms with Crippen molar-refractivity contribution in [3.05, 3.63) is 53.6 Å². The molecule has 0 aromatic heterocycles. The third-order valence-corrected chi connectivity index (χ3v) is 7.00. The fourth-order valence-electron chi connectivity index (χ4n) is 2.51. The molecule has 0 spiro atoms. The van der Waals surface area contributed by atoms with Crippen molar-refractivity contribution in [1.82, 2.24) is 0 Å². The highest BCUT2D eigenvalue weighted by Crippen LogP contribution is 2.18. The molecular formula is C18H26OSi. The lowest BCUT2D eigenvalue weighted by Gasteiger charge is -2.23. The van der Waals surface area contributed by atoms with Gasteiger partial charge in [0.25, 0.3) is 0 Å². The highest BCUT2D eigenvalue weighted by atomic mass is 28.3. The van der Waals surface area contributed by atoms with Crippen molar-refractivity contribution in [2.75, 3.05) is 0 Å². The van der Waals surface area contributed by atoms with Gasteiger partial charge in [-0.1, -0.05) is 65.8 Å². The van der Waals surface area contributed by atoms with Crippen LogP contribution in [0.5, 0.6) is 0 Å². The summed E-state index contributed by atoms with van der Waals surface area (Å²) >= 11 is 0. The summed E-state index contributed by atoms with van der Waals surface area (Å²) in [6.07, 6.45) is 6.87. The van der Waals surface area contributed by atoms with Gasteiger partial charge in [-0.05, 0) is 38.8 Å². The molecule has 0 heterocycles. The van der Waals surface area contributed by atoms with Crippen molar-refractivity contribution >= 4 is 19.5 Å². The van der Waals surface area contributed by atoms with Crippen LogP contribution in [-0.4, -0.2) is 14.4 Å². The summed E-state index contributed by atoms with van der Waals surface area (Å²) in [5.74, 6) is 0. The van der Waals surface area contributed by atoms with E-state index in [1.165, 1.54) is 16.8 Å². The Kier molecular flexibility index (Phi) is 6.66. The van der Waals surface area contributed by atoms with Crippen molar-refractivity contribution in [3.8, 4) is 0 Å². The highest BCUT2D eigenvalue weighted by Gasteiger charge is 2.22. The lowest BCUT2D eigenvalue weighted by molar-refractivity contribution is -0.104. The van der Waals surface area contributed by atoms with Gasteiger partial charge in [0.2, 0.25) is 0 Å². The molecule has 0 aliphatic heterocycles. The molecule has 0 saturated heterocycles. The Morgan fingerprint density at radius 1 is 1.10 bits per heavy atom. The predicted octanol–water partition coefficient (Wildman–Crippen LogP) is 4.47. The summed E-state index contributed by atoms with van der Waals surface area (Å²) in [7, 11) is -1.37. The monoisotopic (exact) mass is 286 g/mol. The minimum atomic E-state index is -1.37. The van der Waals surface area contributed by atoms with E-state index < -0.39 is 8.07 Å². The van der Waals surface area contributed by atoms with Crippen LogP contribution in [0.25, 0.3) is 0 Å². The van der Waals surface area contributed by atoms with E-state index in [0.717, 1.165) is 24.7 Å². The molecule has 0 N–H and O–H groups in total. The van der Waals surface area contributed by atoms with Crippen LogP contribution < -0.4 is 5.19 Å². The standard InChI is InChI=1S/C18H26OSi/c1-16(13-14-19)9-8-10-17(2)15-20(3,4)18-11-6-5-7-12-18/h5-7,10-14H,8-9,15H2,1-4H3/b16-13-,17-10+. The molecule has 0 bridgehead atoms. The molecule has 20 heavy (non-hydrogen) atoms. The van der Waals surface area contributed by atoms with Crippen LogP contribution in [0.3, 0.4) is 0 Å². The van der Waals surface area contributed by atoms with E-state index in [1.54, 1.807) is 6.08 Å². The van der Waals surface area contributed by atoms with Crippen LogP contribution in [0, 0.1) is 0 Å². The molecule has 0 saturated carbocycles. The number of benzene rings is 1. The zero-order valence-electron chi connectivity index (χ0n) is 13.1. The zero-order valence-corrected chi connectivity index (χ0v) is 14.1. The molecule has 1 aromatic rings. The van der Waals surface area contributed by atoms with Crippen molar-refractivity contribution in [1.29, 1.82) is 0 Å². The summed E-state index contributed by atoms with van der Waals surface area (Å²) in [5.41, 5.74) is 2.63. The van der Waals surface area contributed by atoms with Crippen LogP contribution in [0.15, 0.2) is 53.6 Å². The summed E-state index contributed by atoms with van der Waals surface area (Å²) < 4.78 is 0. The Hall–Kier alpha value is -1.41. The topological polar surface area (TPSA) is 17.1 Å². The Morgan fingerprint density at radius 3 is 2.35 bits per heavy atom. The second-order valence-electron chi connectivity index (χ2n) is 6.16. The number of rotatable bonds is 7. The van der Waals surface area contributed by atoms with Crippen LogP contribution in [0.4, 0.5) is 0 Å². The summed E-state index contributed by atoms with van der Waals surface area (Å²) in [6.45, 7) is 9.10. The van der Waals surface area contributed by atoms with E-state index in [9.17, 15) is 4.79 Å². The smallest absolute Gasteiger partial charge is 0.142 e. The number of aldehydes is 1. The van der Waals surface area contributed by atoms with E-state index in [2.05, 4.69) is 56.4 Å². The Bertz CT molecular complexity index is 483. The van der Waals surface area contributed by atoms with Crippen molar-refractivity contribution in [2.45, 2.75) is 45.8 Å². The van der Waals surface area contributed by atoms with Crippen molar-refractivity contribution < 1.29 is 4.79 Å². The number of hydrogen-bond donors (Lipinski definition) is 0. The average molecular weight is 286 g/mol. The first-order valence-corrected chi connectivity index (χ1v) is 10.5. The highest BCUT2D eigenvalue weighted by molar-refractivity contribution is 6.90. The van der Waals surface area contributed by atoms with Gasteiger partial charge < -0.3 is 0 Å². The fourth-order valence-corrected chi connectivity index (χ4v) is 5.34. The van der Waals surface area contributed by atoms with Gasteiger partial charge in [-0.15, -0.1) is 0 Å². The summed E-state index contributed by atoms with van der Waals surface area (Å²) in [6, 6.07) is 12.1. The molecule has 0 amide bonds. The molecule has 1 rings (SSSR count). The van der Waals surface area contributed by atoms with Crippen molar-refractivity contribution in [2.24, 2.45) is 0 Å². The number of hydrogen-bond acceptors (Lipinski definition) is 1. The maximum absolute atomic E-state index is 10.4. The molecule has 0 radical (unpaired) electrons. The van der Waals surface area contributed by atoms with Crippen molar-refractivity contribution in [3.63, 3.8) is 0 Å². The SMILES string of the molecule is C/C(=C/C=O)CC/C=C(\C)C[Si](C)(C)c1ccccc1. The molecule has 0 fully saturated rings. The van der Waals surface area contributed by atoms with Gasteiger partial charge in [0.1, 0.15) is 6.29 Å². The van der Waals surface area contributed by atoms with Gasteiger partial charge in [-0.3, -0.25) is 4.79 Å². The van der Waals surface area contributed by atoms with Gasteiger partial charge in [0.15, 0.2) is 0 Å². The quantitative estimate of drug-likeness (QED) is 0.313. The van der Waals surface area contributed by atoms with Gasteiger partial charge in [-0.2, -0.15) is 0 Å². The molecule has 1 nitrogen and oxygen atoms in total. The maximum Gasteiger partial charge on any atom is 0.142 e. The van der Waals surface area contributed by atoms with Gasteiger partial charge in [0.05, 0.1) is 8.07 Å². The van der Waals surface area contributed by atoms with Crippen LogP contribution in [0.2, 0.25) is 19.1 Å². The summed E-state index contributed by atoms with van der Waals surface area (Å²) in [5, 5.41) is 1.52. The van der Waals surface area contributed by atoms with Crippen LogP contribution in [0.1, 0.15) is 26.7 Å². The molecule has 1 aromatic carbocycles. The van der Waals surface area contributed by atoms with E-state index in [4.69, 9.17) is 0 Å². The Balaban J connectivity index is 2.58. The van der Waals surface area contributed by atoms with E-state index in [-0.39, 0.29) is 0 Å². The Morgan fingerprint density at radius 2 is 1.75 bits per heavy atom. The van der Waals surface area contributed by atoms with Gasteiger partial charge >= 0.3 is 0 Å². The average Bonchev–Trinajstić information content (AvgIpc) is 2.39.